The van der Waals surface area contributed by atoms with E-state index in [4.69, 9.17) is 4.74 Å². The first-order valence-electron chi connectivity index (χ1n) is 6.90. The first kappa shape index (κ1) is 13.6. The molecule has 0 saturated carbocycles. The fraction of sp³-hybridized carbons (Fsp3) is 0.250. The van der Waals surface area contributed by atoms with Gasteiger partial charge in [-0.3, -0.25) is 9.59 Å². The Kier molecular flexibility index (Phi) is 3.83. The number of nitrogens with zero attached hydrogens (tertiary/aromatic N) is 1. The van der Waals surface area contributed by atoms with Crippen LogP contribution in [-0.4, -0.2) is 37.9 Å². The van der Waals surface area contributed by atoms with Gasteiger partial charge in [0.15, 0.2) is 5.78 Å². The van der Waals surface area contributed by atoms with Gasteiger partial charge in [0.25, 0.3) is 0 Å². The molecule has 5 heteroatoms. The molecule has 21 heavy (non-hydrogen) atoms. The summed E-state index contributed by atoms with van der Waals surface area (Å²) in [6, 6.07) is 7.81. The molecule has 5 nitrogen and oxygen atoms in total. The number of rotatable bonds is 3. The van der Waals surface area contributed by atoms with Crippen molar-refractivity contribution < 1.29 is 14.3 Å². The van der Waals surface area contributed by atoms with Crippen molar-refractivity contribution in [2.45, 2.75) is 0 Å². The molecule has 2 aliphatic rings. The summed E-state index contributed by atoms with van der Waals surface area (Å²) in [5, 5.41) is 2.99. The fourth-order valence-corrected chi connectivity index (χ4v) is 2.34. The summed E-state index contributed by atoms with van der Waals surface area (Å²) in [6.07, 6.45) is 3.88. The molecule has 0 aromatic heterocycles. The Morgan fingerprint density at radius 1 is 1.00 bits per heavy atom. The summed E-state index contributed by atoms with van der Waals surface area (Å²) in [5.41, 5.74) is 2.22. The molecular weight excluding hydrogens is 268 g/mol. The van der Waals surface area contributed by atoms with Crippen molar-refractivity contribution in [1.82, 2.24) is 0 Å². The molecule has 1 aromatic carbocycles. The number of anilines is 2. The lowest BCUT2D eigenvalue weighted by molar-refractivity contribution is -0.114. The van der Waals surface area contributed by atoms with Crippen LogP contribution in [0.25, 0.3) is 0 Å². The van der Waals surface area contributed by atoms with Crippen LogP contribution in [-0.2, 0) is 14.3 Å². The van der Waals surface area contributed by atoms with E-state index in [0.717, 1.165) is 37.7 Å². The monoisotopic (exact) mass is 284 g/mol. The van der Waals surface area contributed by atoms with Crippen molar-refractivity contribution >= 4 is 22.9 Å². The zero-order chi connectivity index (χ0) is 14.7. The van der Waals surface area contributed by atoms with Gasteiger partial charge in [0, 0.05) is 30.5 Å². The second-order valence-corrected chi connectivity index (χ2v) is 4.93. The number of benzene rings is 1. The summed E-state index contributed by atoms with van der Waals surface area (Å²) in [7, 11) is 0. The van der Waals surface area contributed by atoms with E-state index >= 15 is 0 Å². The molecule has 1 aliphatic carbocycles. The average molecular weight is 284 g/mol. The number of carbonyl (C=O) groups is 2. The van der Waals surface area contributed by atoms with Crippen LogP contribution in [0.15, 0.2) is 48.2 Å². The average Bonchev–Trinajstić information content (AvgIpc) is 2.53. The molecule has 3 rings (SSSR count). The van der Waals surface area contributed by atoms with E-state index in [1.165, 1.54) is 18.2 Å². The van der Waals surface area contributed by atoms with E-state index in [-0.39, 0.29) is 11.6 Å². The molecule has 1 saturated heterocycles. The van der Waals surface area contributed by atoms with E-state index in [2.05, 4.69) is 10.2 Å². The highest BCUT2D eigenvalue weighted by atomic mass is 16.5. The van der Waals surface area contributed by atoms with Crippen molar-refractivity contribution in [1.29, 1.82) is 0 Å². The van der Waals surface area contributed by atoms with Crippen molar-refractivity contribution in [2.24, 2.45) is 0 Å². The molecule has 0 bridgehead atoms. The maximum atomic E-state index is 11.7. The van der Waals surface area contributed by atoms with Crippen LogP contribution < -0.4 is 10.2 Å². The highest BCUT2D eigenvalue weighted by molar-refractivity contribution is 6.18. The number of allylic oxidation sites excluding steroid dienone is 3. The summed E-state index contributed by atoms with van der Waals surface area (Å²) in [4.78, 5) is 25.2. The van der Waals surface area contributed by atoms with Crippen LogP contribution in [0.1, 0.15) is 0 Å². The van der Waals surface area contributed by atoms with Gasteiger partial charge in [0.1, 0.15) is 0 Å². The molecule has 0 atom stereocenters. The minimum atomic E-state index is -0.188. The Morgan fingerprint density at radius 2 is 1.71 bits per heavy atom. The second-order valence-electron chi connectivity index (χ2n) is 4.93. The lowest BCUT2D eigenvalue weighted by Gasteiger charge is -2.29. The Hall–Kier alpha value is -2.40. The summed E-state index contributed by atoms with van der Waals surface area (Å²) in [5.74, 6) is -0.367. The second kappa shape index (κ2) is 5.93. The number of morpholine rings is 1. The smallest absolute Gasteiger partial charge is 0.202 e. The van der Waals surface area contributed by atoms with E-state index < -0.39 is 0 Å². The normalized spacial score (nSPS) is 18.7. The van der Waals surface area contributed by atoms with Crippen LogP contribution in [0.2, 0.25) is 0 Å². The van der Waals surface area contributed by atoms with E-state index in [9.17, 15) is 9.59 Å². The van der Waals surface area contributed by atoms with Gasteiger partial charge < -0.3 is 15.0 Å². The van der Waals surface area contributed by atoms with Gasteiger partial charge in [0.2, 0.25) is 5.78 Å². The molecule has 1 N–H and O–H groups in total. The van der Waals surface area contributed by atoms with Gasteiger partial charge in [-0.25, -0.2) is 0 Å². The van der Waals surface area contributed by atoms with Crippen molar-refractivity contribution in [2.75, 3.05) is 36.5 Å². The molecule has 1 fully saturated rings. The highest BCUT2D eigenvalue weighted by Crippen LogP contribution is 2.20. The third-order valence-corrected chi connectivity index (χ3v) is 3.47. The van der Waals surface area contributed by atoms with Gasteiger partial charge in [-0.15, -0.1) is 0 Å². The summed E-state index contributed by atoms with van der Waals surface area (Å²) in [6.45, 7) is 3.26. The largest absolute Gasteiger partial charge is 0.378 e. The van der Waals surface area contributed by atoms with Crippen molar-refractivity contribution in [3.8, 4) is 0 Å². The molecular formula is C16H16N2O3. The lowest BCUT2D eigenvalue weighted by Crippen LogP contribution is -2.36. The van der Waals surface area contributed by atoms with Crippen molar-refractivity contribution in [3.05, 3.63) is 48.2 Å². The quantitative estimate of drug-likeness (QED) is 0.853. The minimum absolute atomic E-state index is 0.179. The number of ketones is 2. The predicted octanol–water partition coefficient (Wildman–Crippen LogP) is 1.53. The molecule has 1 aliphatic heterocycles. The highest BCUT2D eigenvalue weighted by Gasteiger charge is 2.14. The van der Waals surface area contributed by atoms with E-state index in [1.54, 1.807) is 0 Å². The Labute approximate surface area is 122 Å². The van der Waals surface area contributed by atoms with Gasteiger partial charge in [-0.1, -0.05) is 0 Å². The van der Waals surface area contributed by atoms with Crippen molar-refractivity contribution in [3.63, 3.8) is 0 Å². The van der Waals surface area contributed by atoms with Crippen LogP contribution in [0, 0.1) is 0 Å². The molecule has 0 radical (unpaired) electrons. The summed E-state index contributed by atoms with van der Waals surface area (Å²) >= 11 is 0. The number of ether oxygens (including phenoxy) is 1. The minimum Gasteiger partial charge on any atom is -0.378 e. The van der Waals surface area contributed by atoms with Crippen LogP contribution in [0.3, 0.4) is 0 Å². The standard InChI is InChI=1S/C16H16N2O3/c19-14-5-6-16(20)15(11-14)17-12-1-3-13(4-2-12)18-7-9-21-10-8-18/h1-6,11,17H,7-10H2. The zero-order valence-electron chi connectivity index (χ0n) is 11.5. The van der Waals surface area contributed by atoms with Crippen LogP contribution in [0.4, 0.5) is 11.4 Å². The number of nitrogens with one attached hydrogen (secondary N) is 1. The third kappa shape index (κ3) is 3.20. The zero-order valence-corrected chi connectivity index (χ0v) is 11.5. The first-order valence-corrected chi connectivity index (χ1v) is 6.90. The Bertz CT molecular complexity index is 611. The lowest BCUT2D eigenvalue weighted by atomic mass is 10.1. The van der Waals surface area contributed by atoms with Gasteiger partial charge >= 0.3 is 0 Å². The van der Waals surface area contributed by atoms with Crippen LogP contribution in [0.5, 0.6) is 0 Å². The Balaban J connectivity index is 1.69. The maximum absolute atomic E-state index is 11.7. The molecule has 0 amide bonds. The molecule has 0 unspecified atom stereocenters. The van der Waals surface area contributed by atoms with E-state index in [0.29, 0.717) is 5.70 Å². The SMILES string of the molecule is O=C1C=CC(=O)C(Nc2ccc(N3CCOCC3)cc2)=C1. The Morgan fingerprint density at radius 3 is 2.43 bits per heavy atom. The number of carbonyl (C=O) groups excluding carboxylic acids is 2. The topological polar surface area (TPSA) is 58.6 Å². The number of hydrogen-bond acceptors (Lipinski definition) is 5. The van der Waals surface area contributed by atoms with E-state index in [1.807, 2.05) is 24.3 Å². The van der Waals surface area contributed by atoms with Gasteiger partial charge in [0.05, 0.1) is 18.9 Å². The molecule has 1 heterocycles. The first-order chi connectivity index (χ1) is 10.2. The molecule has 1 aromatic rings. The number of hydrogen-bond donors (Lipinski definition) is 1. The van der Waals surface area contributed by atoms with Gasteiger partial charge in [-0.2, -0.15) is 0 Å². The maximum Gasteiger partial charge on any atom is 0.202 e. The van der Waals surface area contributed by atoms with Crippen LogP contribution >= 0.6 is 0 Å². The molecule has 108 valence electrons. The predicted molar refractivity (Wildman–Crippen MR) is 80.3 cm³/mol. The summed E-state index contributed by atoms with van der Waals surface area (Å²) < 4.78 is 5.33. The van der Waals surface area contributed by atoms with Gasteiger partial charge in [-0.05, 0) is 36.4 Å². The third-order valence-electron chi connectivity index (χ3n) is 3.47. The fourth-order valence-electron chi connectivity index (χ4n) is 2.34. The molecule has 0 spiro atoms.